The van der Waals surface area contributed by atoms with Gasteiger partial charge in [-0.2, -0.15) is 0 Å². The number of carbonyl (C=O) groups is 1. The van der Waals surface area contributed by atoms with Gasteiger partial charge < -0.3 is 4.74 Å². The van der Waals surface area contributed by atoms with Crippen LogP contribution < -0.4 is 4.74 Å². The maximum atomic E-state index is 13.1. The molecule has 0 radical (unpaired) electrons. The van der Waals surface area contributed by atoms with E-state index in [0.717, 1.165) is 22.5 Å². The number of hydrogen-bond acceptors (Lipinski definition) is 5. The van der Waals surface area contributed by atoms with Gasteiger partial charge in [0, 0.05) is 23.2 Å². The van der Waals surface area contributed by atoms with Gasteiger partial charge in [-0.15, -0.1) is 10.2 Å². The Morgan fingerprint density at radius 2 is 1.67 bits per heavy atom. The second-order valence-corrected chi connectivity index (χ2v) is 8.04. The first-order valence-electron chi connectivity index (χ1n) is 10.4. The summed E-state index contributed by atoms with van der Waals surface area (Å²) in [5.74, 6) is 1.62. The Morgan fingerprint density at radius 3 is 2.42 bits per heavy atom. The fourth-order valence-corrected chi connectivity index (χ4v) is 3.95. The van der Waals surface area contributed by atoms with Crippen molar-refractivity contribution in [3.63, 3.8) is 0 Å². The quantitative estimate of drug-likeness (QED) is 0.423. The van der Waals surface area contributed by atoms with Crippen molar-refractivity contribution in [2.24, 2.45) is 4.99 Å². The lowest BCUT2D eigenvalue weighted by molar-refractivity contribution is 0.144. The average molecular weight is 458 g/mol. The molecule has 2 heterocycles. The fourth-order valence-electron chi connectivity index (χ4n) is 3.82. The number of aryl methyl sites for hydroxylation is 1. The molecule has 0 saturated carbocycles. The van der Waals surface area contributed by atoms with Gasteiger partial charge in [-0.3, -0.25) is 14.5 Å². The van der Waals surface area contributed by atoms with Gasteiger partial charge in [-0.25, -0.2) is 4.79 Å². The Kier molecular flexibility index (Phi) is 5.40. The molecule has 0 aliphatic carbocycles. The number of halogens is 1. The molecule has 1 unspecified atom stereocenters. The van der Waals surface area contributed by atoms with Crippen LogP contribution >= 0.6 is 11.6 Å². The third-order valence-corrected chi connectivity index (χ3v) is 5.71. The smallest absolute Gasteiger partial charge is 0.410 e. The van der Waals surface area contributed by atoms with Crippen molar-refractivity contribution in [2.45, 2.75) is 13.1 Å². The van der Waals surface area contributed by atoms with Gasteiger partial charge in [0.25, 0.3) is 0 Å². The van der Waals surface area contributed by atoms with Crippen LogP contribution in [0.5, 0.6) is 5.75 Å². The van der Waals surface area contributed by atoms with Crippen molar-refractivity contribution < 1.29 is 9.53 Å². The summed E-state index contributed by atoms with van der Waals surface area (Å²) in [5.41, 5.74) is 3.52. The van der Waals surface area contributed by atoms with Crippen LogP contribution in [0, 0.1) is 6.92 Å². The summed E-state index contributed by atoms with van der Waals surface area (Å²) >= 11 is 5.94. The molecule has 33 heavy (non-hydrogen) atoms. The molecule has 1 aliphatic heterocycles. The number of amides is 1. The third kappa shape index (κ3) is 3.87. The van der Waals surface area contributed by atoms with Crippen LogP contribution in [-0.4, -0.2) is 38.5 Å². The second-order valence-electron chi connectivity index (χ2n) is 7.61. The van der Waals surface area contributed by atoms with E-state index >= 15 is 0 Å². The first-order chi connectivity index (χ1) is 16.0. The number of nitrogens with zero attached hydrogens (tertiary/aromatic N) is 5. The number of carbonyl (C=O) groups excluding carboxylic acids is 1. The predicted octanol–water partition coefficient (Wildman–Crippen LogP) is 5.21. The summed E-state index contributed by atoms with van der Waals surface area (Å²) in [5, 5.41) is 9.22. The number of hydrogen-bond donors (Lipinski definition) is 0. The lowest BCUT2D eigenvalue weighted by atomic mass is 10.0. The number of aliphatic imine (C=N–C) groups is 1. The molecule has 1 aromatic heterocycles. The topological polar surface area (TPSA) is 72.6 Å². The Morgan fingerprint density at radius 1 is 0.970 bits per heavy atom. The number of benzene rings is 3. The van der Waals surface area contributed by atoms with Gasteiger partial charge in [-0.05, 0) is 37.3 Å². The SMILES string of the molecule is Cc1nnc2n1-c1ccccc1C(c1ccccc1)=NC2N(C)C(=O)Oc1ccc(Cl)cc1. The number of fused-ring (bicyclic) bond motifs is 3. The number of rotatable bonds is 3. The van der Waals surface area contributed by atoms with Gasteiger partial charge in [0.2, 0.25) is 0 Å². The Bertz CT molecular complexity index is 1350. The first-order valence-corrected chi connectivity index (χ1v) is 10.8. The van der Waals surface area contributed by atoms with E-state index in [4.69, 9.17) is 21.3 Å². The summed E-state index contributed by atoms with van der Waals surface area (Å²) in [6.45, 7) is 1.88. The van der Waals surface area contributed by atoms with Crippen molar-refractivity contribution in [1.29, 1.82) is 0 Å². The minimum atomic E-state index is -0.756. The van der Waals surface area contributed by atoms with Crippen molar-refractivity contribution in [3.8, 4) is 11.4 Å². The zero-order valence-electron chi connectivity index (χ0n) is 18.0. The van der Waals surface area contributed by atoms with Crippen molar-refractivity contribution >= 4 is 23.4 Å². The van der Waals surface area contributed by atoms with E-state index in [2.05, 4.69) is 10.2 Å². The number of ether oxygens (including phenoxy) is 1. The van der Waals surface area contributed by atoms with Crippen molar-refractivity contribution in [1.82, 2.24) is 19.7 Å². The highest BCUT2D eigenvalue weighted by atomic mass is 35.5. The van der Waals surface area contributed by atoms with Crippen LogP contribution in [-0.2, 0) is 0 Å². The summed E-state index contributed by atoms with van der Waals surface area (Å²) in [6, 6.07) is 24.4. The largest absolute Gasteiger partial charge is 0.417 e. The average Bonchev–Trinajstić information content (AvgIpc) is 3.15. The molecule has 0 fully saturated rings. The zero-order chi connectivity index (χ0) is 22.9. The first kappa shape index (κ1) is 20.9. The van der Waals surface area contributed by atoms with Crippen molar-refractivity contribution in [2.75, 3.05) is 7.05 Å². The maximum Gasteiger partial charge on any atom is 0.417 e. The van der Waals surface area contributed by atoms with E-state index in [1.807, 2.05) is 66.1 Å². The molecule has 5 rings (SSSR count). The molecule has 1 aliphatic rings. The van der Waals surface area contributed by atoms with Gasteiger partial charge in [0.05, 0.1) is 11.4 Å². The highest BCUT2D eigenvalue weighted by Gasteiger charge is 2.33. The Balaban J connectivity index is 1.62. The van der Waals surface area contributed by atoms with Crippen LogP contribution in [0.2, 0.25) is 5.02 Å². The molecule has 1 amide bonds. The molecular weight excluding hydrogens is 438 g/mol. The van der Waals surface area contributed by atoms with Crippen molar-refractivity contribution in [3.05, 3.63) is 107 Å². The minimum absolute atomic E-state index is 0.387. The summed E-state index contributed by atoms with van der Waals surface area (Å²) < 4.78 is 7.50. The van der Waals surface area contributed by atoms with Crippen LogP contribution in [0.15, 0.2) is 83.9 Å². The van der Waals surface area contributed by atoms with Gasteiger partial charge in [-0.1, -0.05) is 60.1 Å². The predicted molar refractivity (Wildman–Crippen MR) is 126 cm³/mol. The normalized spacial score (nSPS) is 14.5. The monoisotopic (exact) mass is 457 g/mol. The Hall–Kier alpha value is -3.97. The lowest BCUT2D eigenvalue weighted by Gasteiger charge is -2.23. The molecule has 4 aromatic rings. The molecule has 7 nitrogen and oxygen atoms in total. The van der Waals surface area contributed by atoms with Gasteiger partial charge >= 0.3 is 6.09 Å². The standard InChI is InChI=1S/C25H20ClN5O2/c1-16-28-29-24-23(30(2)25(32)33-19-14-12-18(26)13-15-19)27-22(17-8-4-3-5-9-17)20-10-6-7-11-21(20)31(16)24/h3-15,23H,1-2H3. The summed E-state index contributed by atoms with van der Waals surface area (Å²) in [6.07, 6.45) is -1.33. The molecule has 0 bridgehead atoms. The van der Waals surface area contributed by atoms with E-state index in [1.165, 1.54) is 4.90 Å². The highest BCUT2D eigenvalue weighted by Crippen LogP contribution is 2.32. The summed E-state index contributed by atoms with van der Waals surface area (Å²) in [7, 11) is 1.64. The van der Waals surface area contributed by atoms with Gasteiger partial charge in [0.1, 0.15) is 11.6 Å². The van der Waals surface area contributed by atoms with Crippen LogP contribution in [0.25, 0.3) is 5.69 Å². The molecular formula is C25H20ClN5O2. The van der Waals surface area contributed by atoms with Crippen LogP contribution in [0.1, 0.15) is 28.9 Å². The van der Waals surface area contributed by atoms with Gasteiger partial charge in [0.15, 0.2) is 12.0 Å². The van der Waals surface area contributed by atoms with Crippen LogP contribution in [0.4, 0.5) is 4.79 Å². The number of aromatic nitrogens is 3. The van der Waals surface area contributed by atoms with E-state index in [0.29, 0.717) is 22.4 Å². The van der Waals surface area contributed by atoms with E-state index in [-0.39, 0.29) is 0 Å². The third-order valence-electron chi connectivity index (χ3n) is 5.45. The number of para-hydroxylation sites is 1. The second kappa shape index (κ2) is 8.52. The molecule has 164 valence electrons. The highest BCUT2D eigenvalue weighted by molar-refractivity contribution is 6.30. The molecule has 1 atom stereocenters. The Labute approximate surface area is 195 Å². The minimum Gasteiger partial charge on any atom is -0.410 e. The van der Waals surface area contributed by atoms with Crippen LogP contribution in [0.3, 0.4) is 0 Å². The van der Waals surface area contributed by atoms with E-state index in [1.54, 1.807) is 31.3 Å². The molecule has 0 N–H and O–H groups in total. The molecule has 3 aromatic carbocycles. The molecule has 0 saturated heterocycles. The lowest BCUT2D eigenvalue weighted by Crippen LogP contribution is -2.34. The maximum absolute atomic E-state index is 13.1. The molecule has 0 spiro atoms. The van der Waals surface area contributed by atoms with E-state index < -0.39 is 12.3 Å². The fraction of sp³-hybridized carbons (Fsp3) is 0.120. The van der Waals surface area contributed by atoms with E-state index in [9.17, 15) is 4.79 Å². The zero-order valence-corrected chi connectivity index (χ0v) is 18.8. The molecule has 8 heteroatoms. The summed E-state index contributed by atoms with van der Waals surface area (Å²) in [4.78, 5) is 19.5.